The third kappa shape index (κ3) is 4.86. The van der Waals surface area contributed by atoms with E-state index in [1.807, 2.05) is 18.2 Å². The number of fused-ring (bicyclic) bond motifs is 3. The van der Waals surface area contributed by atoms with Crippen molar-refractivity contribution in [2.24, 2.45) is 0 Å². The predicted molar refractivity (Wildman–Crippen MR) is 194 cm³/mol. The van der Waals surface area contributed by atoms with Gasteiger partial charge in [0.2, 0.25) is 0 Å². The van der Waals surface area contributed by atoms with Gasteiger partial charge in [0, 0.05) is 82.5 Å². The molecule has 0 saturated heterocycles. The molecule has 0 bridgehead atoms. The van der Waals surface area contributed by atoms with Crippen molar-refractivity contribution in [3.05, 3.63) is 136 Å². The number of aromatic nitrogens is 2. The first-order chi connectivity index (χ1) is 22.9. The standard InChI is InChI=1S/C42H45N3O2/c1-7-43(8-2)30-25-23-29(24-26-30)39(41-31-17-11-12-18-32(31)42(46)47-41)40(37-27(5)44(9-3)35-21-15-13-19-33(35)37)38-28(6)45(10-4)36-22-16-14-20-34(36)38/h11-26,39-41H,7-10H2,1-6H3. The summed E-state index contributed by atoms with van der Waals surface area (Å²) < 4.78 is 11.4. The maximum atomic E-state index is 13.6. The van der Waals surface area contributed by atoms with E-state index in [1.165, 1.54) is 55.6 Å². The van der Waals surface area contributed by atoms with Gasteiger partial charge in [0.1, 0.15) is 6.10 Å². The van der Waals surface area contributed by atoms with Gasteiger partial charge in [0.25, 0.3) is 0 Å². The van der Waals surface area contributed by atoms with Crippen molar-refractivity contribution in [1.82, 2.24) is 9.13 Å². The van der Waals surface area contributed by atoms with E-state index in [4.69, 9.17) is 4.74 Å². The van der Waals surface area contributed by atoms with E-state index in [9.17, 15) is 4.79 Å². The van der Waals surface area contributed by atoms with Crippen LogP contribution in [-0.2, 0) is 17.8 Å². The molecule has 2 unspecified atom stereocenters. The molecule has 0 amide bonds. The first-order valence-electron chi connectivity index (χ1n) is 17.2. The van der Waals surface area contributed by atoms with Crippen LogP contribution in [0.5, 0.6) is 0 Å². The molecule has 2 aromatic heterocycles. The Morgan fingerprint density at radius 2 is 1.19 bits per heavy atom. The average Bonchev–Trinajstić information content (AvgIpc) is 3.69. The van der Waals surface area contributed by atoms with Gasteiger partial charge in [-0.05, 0) is 88.6 Å². The number of nitrogens with zero attached hydrogens (tertiary/aromatic N) is 3. The summed E-state index contributed by atoms with van der Waals surface area (Å²) in [5.74, 6) is -0.527. The fourth-order valence-corrected chi connectivity index (χ4v) is 8.50. The molecule has 1 aliphatic rings. The topological polar surface area (TPSA) is 39.4 Å². The highest BCUT2D eigenvalue weighted by Crippen LogP contribution is 2.55. The second kappa shape index (κ2) is 12.4. The summed E-state index contributed by atoms with van der Waals surface area (Å²) in [6.07, 6.45) is -0.450. The maximum absolute atomic E-state index is 13.6. The van der Waals surface area contributed by atoms with Crippen LogP contribution in [0, 0.1) is 13.8 Å². The van der Waals surface area contributed by atoms with Gasteiger partial charge in [-0.2, -0.15) is 0 Å². The Labute approximate surface area is 278 Å². The van der Waals surface area contributed by atoms with Crippen molar-refractivity contribution in [2.75, 3.05) is 18.0 Å². The van der Waals surface area contributed by atoms with Gasteiger partial charge in [-0.1, -0.05) is 66.7 Å². The number of carbonyl (C=O) groups is 1. The molecular formula is C42H45N3O2. The van der Waals surface area contributed by atoms with Crippen LogP contribution >= 0.6 is 0 Å². The first kappa shape index (κ1) is 30.9. The number of hydrogen-bond acceptors (Lipinski definition) is 3. The minimum Gasteiger partial charge on any atom is -0.453 e. The van der Waals surface area contributed by atoms with Gasteiger partial charge < -0.3 is 18.8 Å². The molecule has 0 radical (unpaired) electrons. The lowest BCUT2D eigenvalue weighted by Crippen LogP contribution is -2.23. The number of esters is 1. The molecule has 1 aliphatic heterocycles. The van der Waals surface area contributed by atoms with E-state index < -0.39 is 6.10 Å². The number of cyclic esters (lactones) is 1. The summed E-state index contributed by atoms with van der Waals surface area (Å²) in [5.41, 5.74) is 11.6. The molecule has 7 rings (SSSR count). The zero-order valence-corrected chi connectivity index (χ0v) is 28.5. The summed E-state index contributed by atoms with van der Waals surface area (Å²) in [4.78, 5) is 15.9. The summed E-state index contributed by atoms with van der Waals surface area (Å²) >= 11 is 0. The van der Waals surface area contributed by atoms with E-state index in [0.29, 0.717) is 5.56 Å². The number of rotatable bonds is 10. The van der Waals surface area contributed by atoms with Gasteiger partial charge in [0.15, 0.2) is 0 Å². The summed E-state index contributed by atoms with van der Waals surface area (Å²) in [6, 6.07) is 34.7. The third-order valence-electron chi connectivity index (χ3n) is 10.6. The molecule has 6 aromatic rings. The van der Waals surface area contributed by atoms with Gasteiger partial charge in [0.05, 0.1) is 5.56 Å². The third-order valence-corrected chi connectivity index (χ3v) is 10.6. The molecule has 0 saturated carbocycles. The fraction of sp³-hybridized carbons (Fsp3) is 0.310. The van der Waals surface area contributed by atoms with E-state index in [0.717, 1.165) is 31.7 Å². The van der Waals surface area contributed by atoms with Crippen molar-refractivity contribution in [2.45, 2.75) is 72.6 Å². The van der Waals surface area contributed by atoms with Crippen LogP contribution in [0.25, 0.3) is 21.8 Å². The van der Waals surface area contributed by atoms with Crippen LogP contribution in [0.1, 0.15) is 89.6 Å². The van der Waals surface area contributed by atoms with Gasteiger partial charge in [-0.15, -0.1) is 0 Å². The summed E-state index contributed by atoms with van der Waals surface area (Å²) in [7, 11) is 0. The molecule has 0 spiro atoms. The second-order valence-corrected chi connectivity index (χ2v) is 12.7. The van der Waals surface area contributed by atoms with Crippen molar-refractivity contribution in [3.8, 4) is 0 Å². The van der Waals surface area contributed by atoms with Crippen molar-refractivity contribution < 1.29 is 9.53 Å². The van der Waals surface area contributed by atoms with Crippen molar-refractivity contribution in [1.29, 1.82) is 0 Å². The highest BCUT2D eigenvalue weighted by molar-refractivity contribution is 5.95. The number of aryl methyl sites for hydroxylation is 2. The first-order valence-corrected chi connectivity index (χ1v) is 17.2. The van der Waals surface area contributed by atoms with Crippen LogP contribution in [0.3, 0.4) is 0 Å². The number of ether oxygens (including phenoxy) is 1. The number of anilines is 1. The zero-order chi connectivity index (χ0) is 32.8. The quantitative estimate of drug-likeness (QED) is 0.143. The monoisotopic (exact) mass is 623 g/mol. The van der Waals surface area contributed by atoms with E-state index in [1.54, 1.807) is 0 Å². The molecule has 4 aromatic carbocycles. The lowest BCUT2D eigenvalue weighted by molar-refractivity contribution is 0.0310. The van der Waals surface area contributed by atoms with Crippen LogP contribution in [0.15, 0.2) is 97.1 Å². The second-order valence-electron chi connectivity index (χ2n) is 12.7. The smallest absolute Gasteiger partial charge is 0.339 e. The Bertz CT molecular complexity index is 1990. The minimum absolute atomic E-state index is 0.103. The fourth-order valence-electron chi connectivity index (χ4n) is 8.50. The van der Waals surface area contributed by atoms with Crippen LogP contribution in [0.4, 0.5) is 5.69 Å². The summed E-state index contributed by atoms with van der Waals surface area (Å²) in [6.45, 7) is 17.0. The van der Waals surface area contributed by atoms with Crippen molar-refractivity contribution in [3.63, 3.8) is 0 Å². The Balaban J connectivity index is 1.59. The molecule has 2 atom stereocenters. The van der Waals surface area contributed by atoms with E-state index in [-0.39, 0.29) is 17.8 Å². The van der Waals surface area contributed by atoms with Crippen LogP contribution in [-0.4, -0.2) is 28.2 Å². The predicted octanol–water partition coefficient (Wildman–Crippen LogP) is 9.93. The Kier molecular flexibility index (Phi) is 8.17. The number of benzene rings is 4. The molecule has 0 N–H and O–H groups in total. The van der Waals surface area contributed by atoms with Crippen LogP contribution in [0.2, 0.25) is 0 Å². The number of hydrogen-bond donors (Lipinski definition) is 0. The Morgan fingerprint density at radius 3 is 1.72 bits per heavy atom. The highest BCUT2D eigenvalue weighted by atomic mass is 16.5. The molecule has 0 fully saturated rings. The zero-order valence-electron chi connectivity index (χ0n) is 28.5. The normalized spacial score (nSPS) is 15.0. The molecule has 47 heavy (non-hydrogen) atoms. The molecule has 5 nitrogen and oxygen atoms in total. The molecule has 0 aliphatic carbocycles. The lowest BCUT2D eigenvalue weighted by atomic mass is 9.71. The van der Waals surface area contributed by atoms with Gasteiger partial charge in [-0.25, -0.2) is 4.79 Å². The number of para-hydroxylation sites is 2. The maximum Gasteiger partial charge on any atom is 0.339 e. The molecule has 3 heterocycles. The van der Waals surface area contributed by atoms with Gasteiger partial charge >= 0.3 is 5.97 Å². The Morgan fingerprint density at radius 1 is 0.681 bits per heavy atom. The van der Waals surface area contributed by atoms with Crippen molar-refractivity contribution >= 4 is 33.5 Å². The highest BCUT2D eigenvalue weighted by Gasteiger charge is 2.45. The largest absolute Gasteiger partial charge is 0.453 e. The van der Waals surface area contributed by atoms with E-state index >= 15 is 0 Å². The summed E-state index contributed by atoms with van der Waals surface area (Å²) in [5, 5.41) is 2.51. The van der Waals surface area contributed by atoms with E-state index in [2.05, 4.69) is 134 Å². The Hall–Kier alpha value is -4.77. The number of carbonyl (C=O) groups excluding carboxylic acids is 1. The minimum atomic E-state index is -0.450. The average molecular weight is 624 g/mol. The SMILES string of the molecule is CCN(CC)c1ccc(C(C2OC(=O)c3ccccc32)C(c2c(C)n(CC)c3ccccc23)c2c(C)n(CC)c3ccccc23)cc1. The van der Waals surface area contributed by atoms with Crippen LogP contribution < -0.4 is 4.90 Å². The molecule has 5 heteroatoms. The van der Waals surface area contributed by atoms with Gasteiger partial charge in [-0.3, -0.25) is 0 Å². The molecule has 240 valence electrons. The lowest BCUT2D eigenvalue weighted by Gasteiger charge is -2.34. The molecular weight excluding hydrogens is 578 g/mol.